The number of hydrogen-bond acceptors (Lipinski definition) is 5. The van der Waals surface area contributed by atoms with Gasteiger partial charge in [0.05, 0.1) is 5.69 Å². The van der Waals surface area contributed by atoms with E-state index in [0.29, 0.717) is 30.8 Å². The monoisotopic (exact) mass is 550 g/mol. The lowest BCUT2D eigenvalue weighted by atomic mass is 9.96. The number of carbonyl (C=O) groups excluding carboxylic acids is 2. The van der Waals surface area contributed by atoms with Gasteiger partial charge in [-0.3, -0.25) is 14.6 Å². The second-order valence-electron chi connectivity index (χ2n) is 10.5. The van der Waals surface area contributed by atoms with Gasteiger partial charge in [0.25, 0.3) is 0 Å². The predicted octanol–water partition coefficient (Wildman–Crippen LogP) is 5.39. The van der Waals surface area contributed by atoms with Crippen LogP contribution in [-0.2, 0) is 16.0 Å². The van der Waals surface area contributed by atoms with Gasteiger partial charge in [-0.05, 0) is 77.9 Å². The van der Waals surface area contributed by atoms with Crippen LogP contribution in [0.15, 0.2) is 59.7 Å². The molecule has 1 aromatic heterocycles. The van der Waals surface area contributed by atoms with Crippen molar-refractivity contribution < 1.29 is 9.59 Å². The highest BCUT2D eigenvalue weighted by molar-refractivity contribution is 5.83. The van der Waals surface area contributed by atoms with Crippen LogP contribution in [0.3, 0.4) is 0 Å². The molecule has 0 aliphatic carbocycles. The van der Waals surface area contributed by atoms with Crippen molar-refractivity contribution in [2.24, 2.45) is 4.99 Å². The minimum Gasteiger partial charge on any atom is -0.361 e. The van der Waals surface area contributed by atoms with Crippen LogP contribution in [-0.4, -0.2) is 67.8 Å². The number of nitrogens with one attached hydrogen (secondary N) is 4. The number of aliphatic imine (C=N–C) groups is 1. The number of H-pyrrole nitrogens is 1. The van der Waals surface area contributed by atoms with E-state index in [0.717, 1.165) is 17.7 Å². The number of benzene rings is 2. The summed E-state index contributed by atoms with van der Waals surface area (Å²) in [6, 6.07) is 16.8. The lowest BCUT2D eigenvalue weighted by molar-refractivity contribution is -0.120. The molecule has 2 aromatic carbocycles. The Hall–Kier alpha value is -3.49. The molecule has 8 nitrogen and oxygen atoms in total. The maximum Gasteiger partial charge on any atom is 0.211 e. The number of hydrogen-bond donors (Lipinski definition) is 4. The second-order valence-corrected chi connectivity index (χ2v) is 10.5. The third-order valence-electron chi connectivity index (χ3n) is 6.57. The van der Waals surface area contributed by atoms with E-state index < -0.39 is 0 Å². The summed E-state index contributed by atoms with van der Waals surface area (Å²) in [4.78, 5) is 30.4. The maximum absolute atomic E-state index is 10.8. The number of fused-ring (bicyclic) bond motifs is 2. The van der Waals surface area contributed by atoms with Crippen LogP contribution in [0, 0.1) is 0 Å². The van der Waals surface area contributed by atoms with E-state index in [1.54, 1.807) is 7.05 Å². The van der Waals surface area contributed by atoms with Gasteiger partial charge in [-0.1, -0.05) is 50.2 Å². The summed E-state index contributed by atoms with van der Waals surface area (Å²) >= 11 is 0. The molecular weight excluding hydrogens is 500 g/mol. The van der Waals surface area contributed by atoms with Gasteiger partial charge in [-0.15, -0.1) is 0 Å². The van der Waals surface area contributed by atoms with Crippen molar-refractivity contribution in [2.45, 2.75) is 78.0 Å². The van der Waals surface area contributed by atoms with Crippen LogP contribution >= 0.6 is 0 Å². The first-order valence-electron chi connectivity index (χ1n) is 14.0. The van der Waals surface area contributed by atoms with Crippen molar-refractivity contribution in [2.75, 3.05) is 21.1 Å². The summed E-state index contributed by atoms with van der Waals surface area (Å²) in [6.45, 7) is 12.6. The van der Waals surface area contributed by atoms with E-state index in [4.69, 9.17) is 0 Å². The molecule has 4 N–H and O–H groups in total. The number of likely N-dealkylation sites (N-methyl/N-ethyl adjacent to an activating group) is 1. The number of para-hydroxylation sites is 2. The molecule has 1 aliphatic rings. The van der Waals surface area contributed by atoms with E-state index in [2.05, 4.69) is 84.1 Å². The fraction of sp³-hybridized carbons (Fsp3) is 0.469. The smallest absolute Gasteiger partial charge is 0.211 e. The fourth-order valence-corrected chi connectivity index (χ4v) is 3.83. The van der Waals surface area contributed by atoms with Crippen LogP contribution in [0.25, 0.3) is 10.9 Å². The molecule has 0 radical (unpaired) electrons. The molecular formula is C32H50N6O2. The first-order chi connectivity index (χ1) is 19.1. The standard InChI is InChI=1S/C13H15N3O2.C12H16N2.C5H13N.C2H6/c1-16(9-18)13(15-8-17)6-10-7-14-12-5-3-2-4-11(10)12;1-9(13-2)7-10-8-14-12-6-4-3-5-11(10)12;1-5(2,3)6-4;1-2/h2-5,7-10,13H,6H2,1H3,(H,15,17);3-6,8-9,13-14H,7H2,1-2H3;6H,1-4H3;1-2H3/t;9-;;/m.0../s1. The quantitative estimate of drug-likeness (QED) is 0.212. The Morgan fingerprint density at radius 2 is 1.68 bits per heavy atom. The lowest BCUT2D eigenvalue weighted by Crippen LogP contribution is -2.43. The molecule has 2 unspecified atom stereocenters. The highest BCUT2D eigenvalue weighted by atomic mass is 16.1. The van der Waals surface area contributed by atoms with Gasteiger partial charge in [-0.25, -0.2) is 0 Å². The van der Waals surface area contributed by atoms with E-state index in [9.17, 15) is 9.59 Å². The Morgan fingerprint density at radius 3 is 2.27 bits per heavy atom. The molecule has 1 aliphatic heterocycles. The molecule has 0 fully saturated rings. The van der Waals surface area contributed by atoms with Gasteiger partial charge >= 0.3 is 0 Å². The third-order valence-corrected chi connectivity index (χ3v) is 6.57. The summed E-state index contributed by atoms with van der Waals surface area (Å²) in [5.41, 5.74) is 5.00. The van der Waals surface area contributed by atoms with Crippen molar-refractivity contribution in [3.05, 3.63) is 65.9 Å². The zero-order valence-corrected chi connectivity index (χ0v) is 25.8. The number of rotatable bonds is 9. The van der Waals surface area contributed by atoms with Gasteiger partial charge in [-0.2, -0.15) is 0 Å². The number of nitrogens with zero attached hydrogens (tertiary/aromatic N) is 2. The van der Waals surface area contributed by atoms with Gasteiger partial charge in [0.2, 0.25) is 12.8 Å². The highest BCUT2D eigenvalue weighted by Gasteiger charge is 2.23. The molecule has 0 spiro atoms. The molecule has 3 aromatic rings. The van der Waals surface area contributed by atoms with Gasteiger partial charge in [0.1, 0.15) is 6.17 Å². The van der Waals surface area contributed by atoms with Crippen molar-refractivity contribution >= 4 is 35.6 Å². The Labute approximate surface area is 241 Å². The topological polar surface area (TPSA) is 102 Å². The van der Waals surface area contributed by atoms with Crippen molar-refractivity contribution in [3.8, 4) is 0 Å². The van der Waals surface area contributed by atoms with E-state index in [-0.39, 0.29) is 12.1 Å². The molecule has 0 saturated heterocycles. The van der Waals surface area contributed by atoms with Gasteiger partial charge in [0, 0.05) is 47.9 Å². The Morgan fingerprint density at radius 1 is 1.05 bits per heavy atom. The van der Waals surface area contributed by atoms with Crippen molar-refractivity contribution in [1.82, 2.24) is 25.8 Å². The molecule has 3 atom stereocenters. The zero-order chi connectivity index (χ0) is 30.1. The SMILES string of the molecule is CC.CN(C=O)C(CC1C=Nc2ccccc21)NC=O.CNC(C)(C)C.CN[C@@H](C)Cc1c[nH]c2ccccc12. The average Bonchev–Trinajstić information content (AvgIpc) is 3.58. The Kier molecular flexibility index (Phi) is 15.5. The van der Waals surface area contributed by atoms with Crippen molar-refractivity contribution in [1.29, 1.82) is 0 Å². The molecule has 2 amide bonds. The fourth-order valence-electron chi connectivity index (χ4n) is 3.83. The summed E-state index contributed by atoms with van der Waals surface area (Å²) in [7, 11) is 5.60. The van der Waals surface area contributed by atoms with E-state index >= 15 is 0 Å². The van der Waals surface area contributed by atoms with Gasteiger partial charge in [0.15, 0.2) is 0 Å². The van der Waals surface area contributed by atoms with E-state index in [1.165, 1.54) is 21.4 Å². The lowest BCUT2D eigenvalue weighted by Gasteiger charge is -2.25. The summed E-state index contributed by atoms with van der Waals surface area (Å²) in [5.74, 6) is 0.126. The Bertz CT molecular complexity index is 1170. The number of carbonyl (C=O) groups is 2. The molecule has 8 heteroatoms. The minimum atomic E-state index is -0.317. The number of aromatic nitrogens is 1. The van der Waals surface area contributed by atoms with Crippen LogP contribution in [0.1, 0.15) is 65.0 Å². The predicted molar refractivity (Wildman–Crippen MR) is 169 cm³/mol. The number of aromatic amines is 1. The molecule has 40 heavy (non-hydrogen) atoms. The van der Waals surface area contributed by atoms with Crippen LogP contribution < -0.4 is 16.0 Å². The molecule has 0 bridgehead atoms. The third kappa shape index (κ3) is 11.3. The molecule has 2 heterocycles. The molecule has 4 rings (SSSR count). The van der Waals surface area contributed by atoms with Crippen LogP contribution in [0.4, 0.5) is 5.69 Å². The van der Waals surface area contributed by atoms with Crippen LogP contribution in [0.5, 0.6) is 0 Å². The highest BCUT2D eigenvalue weighted by Crippen LogP contribution is 2.34. The first-order valence-corrected chi connectivity index (χ1v) is 14.0. The average molecular weight is 551 g/mol. The van der Waals surface area contributed by atoms with Crippen molar-refractivity contribution in [3.63, 3.8) is 0 Å². The first kappa shape index (κ1) is 34.5. The Balaban J connectivity index is 0.000000323. The molecule has 220 valence electrons. The second kappa shape index (κ2) is 18.0. The summed E-state index contributed by atoms with van der Waals surface area (Å²) in [6.07, 6.45) is 6.67. The van der Waals surface area contributed by atoms with Crippen LogP contribution in [0.2, 0.25) is 0 Å². The summed E-state index contributed by atoms with van der Waals surface area (Å²) in [5, 5.41) is 10.3. The molecule has 0 saturated carbocycles. The number of amides is 2. The largest absolute Gasteiger partial charge is 0.361 e. The summed E-state index contributed by atoms with van der Waals surface area (Å²) < 4.78 is 0. The minimum absolute atomic E-state index is 0.126. The maximum atomic E-state index is 10.8. The zero-order valence-electron chi connectivity index (χ0n) is 25.8. The van der Waals surface area contributed by atoms with Gasteiger partial charge < -0.3 is 25.8 Å². The van der Waals surface area contributed by atoms with E-state index in [1.807, 2.05) is 58.4 Å². The normalized spacial score (nSPS) is 14.7.